The van der Waals surface area contributed by atoms with Crippen LogP contribution in [-0.4, -0.2) is 15.3 Å². The summed E-state index contributed by atoms with van der Waals surface area (Å²) in [5.41, 5.74) is 2.20. The smallest absolute Gasteiger partial charge is 0.267 e. The van der Waals surface area contributed by atoms with Gasteiger partial charge in [0.05, 0.1) is 22.0 Å². The minimum absolute atomic E-state index is 0.0832. The van der Waals surface area contributed by atoms with Gasteiger partial charge in [-0.3, -0.25) is 9.36 Å². The summed E-state index contributed by atoms with van der Waals surface area (Å²) >= 11 is 5.36. The van der Waals surface area contributed by atoms with E-state index in [1.54, 1.807) is 11.8 Å². The lowest BCUT2D eigenvalue weighted by Gasteiger charge is -2.20. The second-order valence-corrected chi connectivity index (χ2v) is 7.96. The Labute approximate surface area is 143 Å². The average Bonchev–Trinajstić information content (AvgIpc) is 2.99. The molecule has 2 heterocycles. The molecular formula is C17H19BrN2OS. The van der Waals surface area contributed by atoms with Gasteiger partial charge in [0.15, 0.2) is 0 Å². The molecule has 0 bridgehead atoms. The maximum absolute atomic E-state index is 12.9. The Morgan fingerprint density at radius 3 is 2.73 bits per heavy atom. The van der Waals surface area contributed by atoms with Gasteiger partial charge < -0.3 is 0 Å². The second-order valence-electron chi connectivity index (χ2n) is 5.87. The van der Waals surface area contributed by atoms with Crippen LogP contribution in [0.3, 0.4) is 0 Å². The standard InChI is InChI=1S/C17H19BrN2OS/c1-11(2)14(18)16-19-13-8-9-22-15(13)17(21)20(16)10-12-6-4-3-5-7-12/h3-7,11,14H,8-10H2,1-2H3. The molecule has 0 N–H and O–H groups in total. The molecule has 0 saturated carbocycles. The molecule has 1 unspecified atom stereocenters. The van der Waals surface area contributed by atoms with Crippen molar-refractivity contribution in [3.63, 3.8) is 0 Å². The van der Waals surface area contributed by atoms with Gasteiger partial charge in [0, 0.05) is 12.2 Å². The normalized spacial score (nSPS) is 15.1. The van der Waals surface area contributed by atoms with Crippen molar-refractivity contribution in [3.05, 3.63) is 57.8 Å². The SMILES string of the molecule is CC(C)C(Br)c1nc2c(c(=O)n1Cc1ccccc1)SCC2. The van der Waals surface area contributed by atoms with Gasteiger partial charge in [-0.2, -0.15) is 0 Å². The highest BCUT2D eigenvalue weighted by Crippen LogP contribution is 2.33. The Kier molecular flexibility index (Phi) is 4.73. The highest BCUT2D eigenvalue weighted by molar-refractivity contribution is 9.09. The average molecular weight is 379 g/mol. The Morgan fingerprint density at radius 2 is 2.05 bits per heavy atom. The third kappa shape index (κ3) is 3.01. The first-order valence-electron chi connectivity index (χ1n) is 7.52. The van der Waals surface area contributed by atoms with Crippen molar-refractivity contribution >= 4 is 27.7 Å². The fourth-order valence-corrected chi connectivity index (χ4v) is 3.99. The third-order valence-electron chi connectivity index (χ3n) is 3.83. The number of aromatic nitrogens is 2. The predicted molar refractivity (Wildman–Crippen MR) is 95.0 cm³/mol. The molecule has 2 aromatic rings. The van der Waals surface area contributed by atoms with E-state index in [0.29, 0.717) is 12.5 Å². The van der Waals surface area contributed by atoms with Gasteiger partial charge in [-0.25, -0.2) is 4.98 Å². The van der Waals surface area contributed by atoms with Crippen LogP contribution in [0.25, 0.3) is 0 Å². The van der Waals surface area contributed by atoms with Crippen LogP contribution in [-0.2, 0) is 13.0 Å². The zero-order valence-corrected chi connectivity index (χ0v) is 15.2. The fraction of sp³-hybridized carbons (Fsp3) is 0.412. The molecule has 1 aliphatic rings. The maximum Gasteiger partial charge on any atom is 0.267 e. The largest absolute Gasteiger partial charge is 0.290 e. The number of rotatable bonds is 4. The second kappa shape index (κ2) is 6.59. The number of thioether (sulfide) groups is 1. The summed E-state index contributed by atoms with van der Waals surface area (Å²) in [5.74, 6) is 2.19. The van der Waals surface area contributed by atoms with Gasteiger partial charge in [-0.05, 0) is 11.5 Å². The lowest BCUT2D eigenvalue weighted by atomic mass is 10.1. The molecular weight excluding hydrogens is 360 g/mol. The molecule has 1 atom stereocenters. The van der Waals surface area contributed by atoms with Crippen LogP contribution in [0.1, 0.15) is 35.8 Å². The summed E-state index contributed by atoms with van der Waals surface area (Å²) in [6.45, 7) is 4.85. The summed E-state index contributed by atoms with van der Waals surface area (Å²) in [4.78, 5) is 18.6. The molecule has 22 heavy (non-hydrogen) atoms. The molecule has 0 aliphatic carbocycles. The van der Waals surface area contributed by atoms with Crippen LogP contribution in [0.2, 0.25) is 0 Å². The van der Waals surface area contributed by atoms with Crippen molar-refractivity contribution in [1.82, 2.24) is 9.55 Å². The molecule has 0 radical (unpaired) electrons. The van der Waals surface area contributed by atoms with Crippen molar-refractivity contribution < 1.29 is 0 Å². The lowest BCUT2D eigenvalue weighted by Crippen LogP contribution is -2.29. The van der Waals surface area contributed by atoms with E-state index in [1.165, 1.54) is 0 Å². The van der Waals surface area contributed by atoms with Crippen LogP contribution in [0, 0.1) is 5.92 Å². The number of hydrogen-bond donors (Lipinski definition) is 0. The minimum Gasteiger partial charge on any atom is -0.290 e. The van der Waals surface area contributed by atoms with E-state index < -0.39 is 0 Å². The molecule has 1 aromatic carbocycles. The highest BCUT2D eigenvalue weighted by Gasteiger charge is 2.25. The van der Waals surface area contributed by atoms with Gasteiger partial charge in [-0.1, -0.05) is 60.1 Å². The van der Waals surface area contributed by atoms with E-state index >= 15 is 0 Å². The zero-order chi connectivity index (χ0) is 15.7. The lowest BCUT2D eigenvalue weighted by molar-refractivity contribution is 0.553. The number of hydrogen-bond acceptors (Lipinski definition) is 3. The first kappa shape index (κ1) is 15.8. The Balaban J connectivity index is 2.12. The summed E-state index contributed by atoms with van der Waals surface area (Å²) in [6, 6.07) is 10.1. The van der Waals surface area contributed by atoms with Gasteiger partial charge >= 0.3 is 0 Å². The first-order valence-corrected chi connectivity index (χ1v) is 9.42. The van der Waals surface area contributed by atoms with Crippen molar-refractivity contribution in [2.75, 3.05) is 5.75 Å². The van der Waals surface area contributed by atoms with Crippen LogP contribution < -0.4 is 5.56 Å². The molecule has 1 aliphatic heterocycles. The molecule has 0 fully saturated rings. The number of halogens is 1. The van der Waals surface area contributed by atoms with E-state index in [-0.39, 0.29) is 10.4 Å². The maximum atomic E-state index is 12.9. The molecule has 0 amide bonds. The van der Waals surface area contributed by atoms with Gasteiger partial charge in [0.2, 0.25) is 0 Å². The minimum atomic E-state index is 0.0832. The van der Waals surface area contributed by atoms with Gasteiger partial charge in [0.25, 0.3) is 5.56 Å². The number of benzene rings is 1. The summed E-state index contributed by atoms with van der Waals surface area (Å²) < 4.78 is 1.84. The van der Waals surface area contributed by atoms with Crippen LogP contribution >= 0.6 is 27.7 Å². The molecule has 1 aromatic heterocycles. The Hall–Kier alpha value is -1.07. The van der Waals surface area contributed by atoms with E-state index in [9.17, 15) is 4.79 Å². The molecule has 5 heteroatoms. The Morgan fingerprint density at radius 1 is 1.32 bits per heavy atom. The molecule has 0 spiro atoms. The van der Waals surface area contributed by atoms with Crippen molar-refractivity contribution in [2.24, 2.45) is 5.92 Å². The van der Waals surface area contributed by atoms with E-state index in [2.05, 4.69) is 41.9 Å². The summed E-state index contributed by atoms with van der Waals surface area (Å²) in [5, 5.41) is 0. The fourth-order valence-electron chi connectivity index (χ4n) is 2.59. The zero-order valence-electron chi connectivity index (χ0n) is 12.8. The topological polar surface area (TPSA) is 34.9 Å². The molecule has 116 valence electrons. The molecule has 0 saturated heterocycles. The van der Waals surface area contributed by atoms with E-state index in [4.69, 9.17) is 4.98 Å². The predicted octanol–water partition coefficient (Wildman–Crippen LogP) is 4.03. The summed E-state index contributed by atoms with van der Waals surface area (Å²) in [7, 11) is 0. The number of fused-ring (bicyclic) bond motifs is 1. The quantitative estimate of drug-likeness (QED) is 0.753. The monoisotopic (exact) mass is 378 g/mol. The van der Waals surface area contributed by atoms with Crippen molar-refractivity contribution in [2.45, 2.75) is 36.5 Å². The van der Waals surface area contributed by atoms with Crippen molar-refractivity contribution in [1.29, 1.82) is 0 Å². The van der Waals surface area contributed by atoms with Crippen molar-refractivity contribution in [3.8, 4) is 0 Å². The van der Waals surface area contributed by atoms with Crippen LogP contribution in [0.15, 0.2) is 40.0 Å². The number of aryl methyl sites for hydroxylation is 1. The highest BCUT2D eigenvalue weighted by atomic mass is 79.9. The number of alkyl halides is 1. The Bertz CT molecular complexity index is 727. The first-order chi connectivity index (χ1) is 10.6. The van der Waals surface area contributed by atoms with Gasteiger partial charge in [-0.15, -0.1) is 11.8 Å². The molecule has 3 nitrogen and oxygen atoms in total. The third-order valence-corrected chi connectivity index (χ3v) is 6.40. The summed E-state index contributed by atoms with van der Waals surface area (Å²) in [6.07, 6.45) is 0.895. The molecule has 3 rings (SSSR count). The van der Waals surface area contributed by atoms with Crippen LogP contribution in [0.5, 0.6) is 0 Å². The van der Waals surface area contributed by atoms with Gasteiger partial charge in [0.1, 0.15) is 5.82 Å². The van der Waals surface area contributed by atoms with Crippen LogP contribution in [0.4, 0.5) is 0 Å². The van der Waals surface area contributed by atoms with E-state index in [0.717, 1.165) is 34.2 Å². The van der Waals surface area contributed by atoms with E-state index in [1.807, 2.05) is 22.8 Å². The number of nitrogens with zero attached hydrogens (tertiary/aromatic N) is 2.